The van der Waals surface area contributed by atoms with Crippen LogP contribution in [-0.2, 0) is 0 Å². The van der Waals surface area contributed by atoms with Crippen molar-refractivity contribution in [1.82, 2.24) is 0 Å². The van der Waals surface area contributed by atoms with Gasteiger partial charge in [0.25, 0.3) is 0 Å². The minimum absolute atomic E-state index is 0. The van der Waals surface area contributed by atoms with Gasteiger partial charge in [-0.15, -0.1) is 0 Å². The molecule has 18 heavy (non-hydrogen) atoms. The molecule has 0 aliphatic heterocycles. The van der Waals surface area contributed by atoms with E-state index in [9.17, 15) is 0 Å². The van der Waals surface area contributed by atoms with Crippen molar-refractivity contribution in [3.05, 3.63) is 46.0 Å². The van der Waals surface area contributed by atoms with E-state index in [4.69, 9.17) is 46.0 Å². The zero-order valence-electron chi connectivity index (χ0n) is 8.09. The maximum atomic E-state index is 8.25. The Hall–Kier alpha value is -1.96. The van der Waals surface area contributed by atoms with Crippen LogP contribution in [0.2, 0.25) is 0 Å². The first-order chi connectivity index (χ1) is 5.20. The summed E-state index contributed by atoms with van der Waals surface area (Å²) < 4.78 is 0. The monoisotopic (exact) mass is 345 g/mol. The van der Waals surface area contributed by atoms with E-state index in [1.165, 1.54) is 0 Å². The first-order valence-electron chi connectivity index (χ1n) is 1.64. The molecule has 0 aliphatic carbocycles. The van der Waals surface area contributed by atoms with Crippen LogP contribution in [0.4, 0.5) is 0 Å². The summed E-state index contributed by atoms with van der Waals surface area (Å²) in [4.78, 5) is 24.8. The van der Waals surface area contributed by atoms with Crippen molar-refractivity contribution in [2.45, 2.75) is 0 Å². The van der Waals surface area contributed by atoms with Gasteiger partial charge in [0.15, 0.2) is 0 Å². The van der Waals surface area contributed by atoms with Gasteiger partial charge in [-0.1, -0.05) is 0 Å². The molecule has 0 radical (unpaired) electrons. The van der Waals surface area contributed by atoms with Crippen LogP contribution in [0.3, 0.4) is 0 Å². The van der Waals surface area contributed by atoms with Crippen molar-refractivity contribution in [1.29, 1.82) is 0 Å². The molecule has 0 unspecified atom stereocenters. The van der Waals surface area contributed by atoms with Gasteiger partial charge < -0.3 is 73.3 Å². The second kappa shape index (κ2) is 59.8. The summed E-state index contributed by atoms with van der Waals surface area (Å²) in [6, 6.07) is 0. The van der Waals surface area contributed by atoms with E-state index in [1.54, 1.807) is 0 Å². The van der Waals surface area contributed by atoms with Crippen molar-refractivity contribution in [2.75, 3.05) is 0 Å². The Morgan fingerprint density at radius 2 is 0.444 bits per heavy atom. The minimum Gasteiger partial charge on any atom is -0.412 e. The molecule has 0 aromatic heterocycles. The van der Waals surface area contributed by atoms with E-state index in [-0.39, 0.29) is 47.2 Å². The fraction of sp³-hybridized carbons (Fsp3) is 0. The van der Waals surface area contributed by atoms with Crippen molar-refractivity contribution < 1.29 is 42.6 Å². The number of nitrogens with zero attached hydrogens (tertiary/aromatic N) is 3. The van der Waals surface area contributed by atoms with Gasteiger partial charge in [-0.3, -0.25) is 0 Å². The van der Waals surface area contributed by atoms with Crippen molar-refractivity contribution in [3.8, 4) is 0 Å². The normalized spacial score (nSPS) is 4.00. The molecule has 0 aromatic rings. The van der Waals surface area contributed by atoms with Crippen molar-refractivity contribution >= 4 is 19.8 Å². The van der Waals surface area contributed by atoms with E-state index in [1.807, 2.05) is 0 Å². The summed E-state index contributed by atoms with van der Waals surface area (Å²) in [6.07, 6.45) is 0. The van der Waals surface area contributed by atoms with E-state index < -0.39 is 15.3 Å². The van der Waals surface area contributed by atoms with E-state index >= 15 is 0 Å². The Morgan fingerprint density at radius 3 is 0.444 bits per heavy atom. The molecule has 17 nitrogen and oxygen atoms in total. The topological polar surface area (TPSA) is 356 Å². The van der Waals surface area contributed by atoms with Gasteiger partial charge in [0.05, 0.1) is 15.3 Å². The largest absolute Gasteiger partial charge is 3.00 e. The van der Waals surface area contributed by atoms with E-state index in [2.05, 4.69) is 0 Å². The van der Waals surface area contributed by atoms with Gasteiger partial charge >= 0.3 is 19.8 Å². The molecule has 0 spiro atoms. The van der Waals surface area contributed by atoms with Crippen LogP contribution < -0.4 is 0 Å². The van der Waals surface area contributed by atoms with Crippen LogP contribution in [-0.4, -0.2) is 62.4 Å². The van der Waals surface area contributed by atoms with E-state index in [0.29, 0.717) is 0 Å². The molecule has 10 N–H and O–H groups in total. The third-order valence-electron chi connectivity index (χ3n) is 0. The third-order valence-corrected chi connectivity index (χ3v) is 0. The maximum absolute atomic E-state index is 8.25. The summed E-state index contributed by atoms with van der Waals surface area (Å²) in [5.41, 5.74) is 0. The maximum Gasteiger partial charge on any atom is 3.00 e. The predicted octanol–water partition coefficient (Wildman–Crippen LogP) is -5.22. The SMILES string of the molecule is O.O.O.O.O.O=[N+]([O-])[O-].O=[N+]([O-])[O-].O=[N+]([O-])[O-].[Ga+3]. The van der Waals surface area contributed by atoms with Gasteiger partial charge in [-0.25, -0.2) is 0 Å². The molecule has 0 bridgehead atoms. The molecule has 0 amide bonds. The van der Waals surface area contributed by atoms with Crippen molar-refractivity contribution in [3.63, 3.8) is 0 Å². The Kier molecular flexibility index (Phi) is 243. The average molecular weight is 346 g/mol. The number of hydrogen-bond donors (Lipinski definition) is 0. The average Bonchev–Trinajstić information content (AvgIpc) is 1.54. The first kappa shape index (κ1) is 73.2. The quantitative estimate of drug-likeness (QED) is 0.229. The summed E-state index contributed by atoms with van der Waals surface area (Å²) in [7, 11) is 0. The second-order valence-electron chi connectivity index (χ2n) is 0.671. The van der Waals surface area contributed by atoms with Gasteiger partial charge in [0.2, 0.25) is 0 Å². The fourth-order valence-corrected chi connectivity index (χ4v) is 0. The molecule has 0 atom stereocenters. The van der Waals surface area contributed by atoms with Gasteiger partial charge in [-0.2, -0.15) is 0 Å². The molecule has 0 aromatic carbocycles. The minimum atomic E-state index is -1.75. The molecule has 0 saturated carbocycles. The Bertz CT molecular complexity index is 115. The summed E-state index contributed by atoms with van der Waals surface area (Å²) >= 11 is 0. The molecule has 18 heteroatoms. The molecular formula is H10GaN3O14. The molecule has 112 valence electrons. The van der Waals surface area contributed by atoms with Crippen LogP contribution in [0.15, 0.2) is 0 Å². The molecule has 0 rings (SSSR count). The van der Waals surface area contributed by atoms with Gasteiger partial charge in [-0.05, 0) is 0 Å². The second-order valence-corrected chi connectivity index (χ2v) is 0.671. The fourth-order valence-electron chi connectivity index (χ4n) is 0. The standard InChI is InChI=1S/Ga.3NO3.5H2O/c;3*2-1(3)4;;;;;/h;;;;5*1H2/q+3;3*-1;;;;;. The Labute approximate surface area is 109 Å². The molecular weight excluding hydrogens is 336 g/mol. The van der Waals surface area contributed by atoms with Crippen LogP contribution >= 0.6 is 0 Å². The van der Waals surface area contributed by atoms with Crippen LogP contribution in [0.25, 0.3) is 0 Å². The molecule has 0 heterocycles. The third kappa shape index (κ3) is 619. The molecule has 0 aliphatic rings. The van der Waals surface area contributed by atoms with Crippen LogP contribution in [0.5, 0.6) is 0 Å². The number of hydrogen-bond acceptors (Lipinski definition) is 9. The Balaban J connectivity index is -0.00000000827. The summed E-state index contributed by atoms with van der Waals surface area (Å²) in [5, 5.41) is 44.2. The van der Waals surface area contributed by atoms with Crippen LogP contribution in [0, 0.1) is 46.0 Å². The van der Waals surface area contributed by atoms with Gasteiger partial charge in [0.1, 0.15) is 0 Å². The predicted molar refractivity (Wildman–Crippen MR) is 54.9 cm³/mol. The number of rotatable bonds is 0. The Morgan fingerprint density at radius 1 is 0.444 bits per heavy atom. The summed E-state index contributed by atoms with van der Waals surface area (Å²) in [5.74, 6) is 0. The van der Waals surface area contributed by atoms with E-state index in [0.717, 1.165) is 0 Å². The molecule has 0 fully saturated rings. The summed E-state index contributed by atoms with van der Waals surface area (Å²) in [6.45, 7) is 0. The first-order valence-corrected chi connectivity index (χ1v) is 1.64. The van der Waals surface area contributed by atoms with Crippen LogP contribution in [0.1, 0.15) is 0 Å². The van der Waals surface area contributed by atoms with Gasteiger partial charge in [0, 0.05) is 0 Å². The zero-order chi connectivity index (χ0) is 10.7. The zero-order valence-corrected chi connectivity index (χ0v) is 10.5. The smallest absolute Gasteiger partial charge is 0.412 e. The van der Waals surface area contributed by atoms with Crippen molar-refractivity contribution in [2.24, 2.45) is 0 Å². The molecule has 0 saturated heterocycles.